The van der Waals surface area contributed by atoms with Crippen LogP contribution in [0.3, 0.4) is 0 Å². The van der Waals surface area contributed by atoms with Gasteiger partial charge in [-0.3, -0.25) is 0 Å². The van der Waals surface area contributed by atoms with E-state index < -0.39 is 82.0 Å². The number of halogens is 12. The van der Waals surface area contributed by atoms with Crippen molar-refractivity contribution in [3.63, 3.8) is 0 Å². The van der Waals surface area contributed by atoms with Crippen LogP contribution in [0, 0.1) is 120 Å². The van der Waals surface area contributed by atoms with Crippen molar-refractivity contribution in [2.45, 2.75) is 62.3 Å². The predicted octanol–water partition coefficient (Wildman–Crippen LogP) is 10.1. The molecule has 0 aromatic heterocycles. The van der Waals surface area contributed by atoms with Gasteiger partial charge in [0.15, 0.2) is 34.9 Å². The SMILES string of the molecule is Cc1cc(C)c([PH+](c2c(C)cc(C)cc2C)c2c(C)cc(C)cc2C)c(C)c1.Fc1c(F)c(F)c([B-](Cl)(Cl)c2c(F)c(F)c(F)c(F)c2F)c(F)c1F. The molecule has 0 unspecified atom stereocenters. The Balaban J connectivity index is 0.000000238. The molecule has 0 heterocycles. The maximum Gasteiger partial charge on any atom is 0.228 e. The summed E-state index contributed by atoms with van der Waals surface area (Å²) in [5, 5.41) is 4.71. The summed E-state index contributed by atoms with van der Waals surface area (Å²) in [5.74, 6) is -26.4. The van der Waals surface area contributed by atoms with Gasteiger partial charge in [0, 0.05) is 0 Å². The van der Waals surface area contributed by atoms with E-state index in [1.165, 1.54) is 50.1 Å². The van der Waals surface area contributed by atoms with E-state index in [2.05, 4.69) is 98.7 Å². The average Bonchev–Trinajstić information content (AvgIpc) is 3.03. The maximum atomic E-state index is 13.7. The Bertz CT molecular complexity index is 1960. The molecule has 0 N–H and O–H groups in total. The van der Waals surface area contributed by atoms with Crippen LogP contribution in [0.15, 0.2) is 36.4 Å². The molecule has 0 atom stereocenters. The Hall–Kier alpha value is -3.53. The summed E-state index contributed by atoms with van der Waals surface area (Å²) in [4.78, 5) is -4.66. The van der Waals surface area contributed by atoms with Gasteiger partial charge < -0.3 is 22.9 Å². The molecule has 0 saturated heterocycles. The first-order valence-electron chi connectivity index (χ1n) is 16.1. The Morgan fingerprint density at radius 1 is 0.340 bits per heavy atom. The monoisotopic (exact) mass is 804 g/mol. The summed E-state index contributed by atoms with van der Waals surface area (Å²) >= 11 is 10.7. The third-order valence-electron chi connectivity index (χ3n) is 8.99. The van der Waals surface area contributed by atoms with Crippen molar-refractivity contribution >= 4 is 62.7 Å². The van der Waals surface area contributed by atoms with E-state index in [1.807, 2.05) is 0 Å². The maximum absolute atomic E-state index is 13.7. The lowest BCUT2D eigenvalue weighted by Crippen LogP contribution is -2.56. The van der Waals surface area contributed by atoms with E-state index >= 15 is 0 Å². The molecule has 5 aromatic rings. The molecule has 14 heteroatoms. The average molecular weight is 805 g/mol. The lowest BCUT2D eigenvalue weighted by Gasteiger charge is -2.31. The molecule has 5 rings (SSSR count). The minimum absolute atomic E-state index is 1.11. The fourth-order valence-electron chi connectivity index (χ4n) is 7.12. The highest BCUT2D eigenvalue weighted by molar-refractivity contribution is 7.80. The molecule has 0 aliphatic rings. The van der Waals surface area contributed by atoms with Crippen LogP contribution in [0.4, 0.5) is 43.9 Å². The lowest BCUT2D eigenvalue weighted by molar-refractivity contribution is 0.382. The number of aryl methyl sites for hydroxylation is 9. The molecule has 0 radical (unpaired) electrons. The van der Waals surface area contributed by atoms with Gasteiger partial charge in [-0.15, -0.1) is 0 Å². The zero-order valence-corrected chi connectivity index (χ0v) is 32.6. The lowest BCUT2D eigenvalue weighted by atomic mass is 9.59. The van der Waals surface area contributed by atoms with Crippen LogP contribution in [0.1, 0.15) is 50.1 Å². The van der Waals surface area contributed by atoms with Crippen LogP contribution in [0.2, 0.25) is 0 Å². The Labute approximate surface area is 312 Å². The fraction of sp³-hybridized carbons (Fsp3) is 0.231. The summed E-state index contributed by atoms with van der Waals surface area (Å²) in [5.41, 5.74) is 8.38. The molecule has 0 spiro atoms. The Morgan fingerprint density at radius 3 is 0.698 bits per heavy atom. The second-order valence-corrected chi connectivity index (χ2v) is 17.1. The highest BCUT2D eigenvalue weighted by Gasteiger charge is 2.40. The summed E-state index contributed by atoms with van der Waals surface area (Å²) in [6.07, 6.45) is 0. The van der Waals surface area contributed by atoms with Crippen molar-refractivity contribution in [1.29, 1.82) is 0 Å². The molecule has 282 valence electrons. The predicted molar refractivity (Wildman–Crippen MR) is 198 cm³/mol. The third kappa shape index (κ3) is 7.72. The molecule has 0 bridgehead atoms. The van der Waals surface area contributed by atoms with E-state index in [-0.39, 0.29) is 0 Å². The van der Waals surface area contributed by atoms with Crippen molar-refractivity contribution in [3.8, 4) is 0 Å². The topological polar surface area (TPSA) is 0 Å². The van der Waals surface area contributed by atoms with E-state index in [0.29, 0.717) is 0 Å². The highest BCUT2D eigenvalue weighted by Crippen LogP contribution is 2.41. The summed E-state index contributed by atoms with van der Waals surface area (Å²) in [7, 11) is -1.11. The van der Waals surface area contributed by atoms with Gasteiger partial charge >= 0.3 is 0 Å². The van der Waals surface area contributed by atoms with E-state index in [1.54, 1.807) is 15.9 Å². The summed E-state index contributed by atoms with van der Waals surface area (Å²) < 4.78 is 134. The minimum atomic E-state index is -4.66. The van der Waals surface area contributed by atoms with Crippen LogP contribution in [0.25, 0.3) is 0 Å². The standard InChI is InChI=1S/C27H33P.C12BCl2F10/c1-16-10-19(4)25(20(5)11-16)28(26-21(6)12-17(2)13-22(26)7)27-23(8)14-18(3)15-24(27)9;14-13(15,1-3(16)7(20)11(24)8(21)4(1)17)2-5(18)9(22)12(25)10(23)6(2)19/h10-15H,1-9H3;/q;-1/p+1. The van der Waals surface area contributed by atoms with Gasteiger partial charge in [-0.1, -0.05) is 64.0 Å². The van der Waals surface area contributed by atoms with Gasteiger partial charge in [0.05, 0.1) is 0 Å². The number of hydrogen-bond donors (Lipinski definition) is 0. The van der Waals surface area contributed by atoms with Crippen LogP contribution in [-0.2, 0) is 0 Å². The van der Waals surface area contributed by atoms with Crippen LogP contribution in [0.5, 0.6) is 0 Å². The first-order chi connectivity index (χ1) is 24.4. The first kappa shape index (κ1) is 42.2. The summed E-state index contributed by atoms with van der Waals surface area (Å²) in [6.45, 7) is 20.4. The number of rotatable bonds is 5. The molecule has 5 aromatic carbocycles. The summed E-state index contributed by atoms with van der Waals surface area (Å²) in [6, 6.07) is 14.2. The van der Waals surface area contributed by atoms with Crippen molar-refractivity contribution in [3.05, 3.63) is 145 Å². The van der Waals surface area contributed by atoms with Crippen molar-refractivity contribution in [2.75, 3.05) is 0 Å². The molecule has 0 saturated carbocycles. The van der Waals surface area contributed by atoms with Crippen molar-refractivity contribution < 1.29 is 43.9 Å². The van der Waals surface area contributed by atoms with E-state index in [0.717, 1.165) is 0 Å². The Kier molecular flexibility index (Phi) is 12.5. The van der Waals surface area contributed by atoms with Gasteiger partial charge in [-0.25, -0.2) is 43.9 Å². The second kappa shape index (κ2) is 15.7. The van der Waals surface area contributed by atoms with Crippen LogP contribution in [-0.4, -0.2) is 4.98 Å². The largest absolute Gasteiger partial charge is 0.356 e. The quantitative estimate of drug-likeness (QED) is 0.0546. The number of benzene rings is 5. The van der Waals surface area contributed by atoms with Gasteiger partial charge in [-0.05, 0) is 95.7 Å². The van der Waals surface area contributed by atoms with Gasteiger partial charge in [0.25, 0.3) is 0 Å². The molecule has 0 nitrogen and oxygen atoms in total. The van der Waals surface area contributed by atoms with Crippen LogP contribution < -0.4 is 26.8 Å². The van der Waals surface area contributed by atoms with Gasteiger partial charge in [0.2, 0.25) is 4.98 Å². The smallest absolute Gasteiger partial charge is 0.228 e. The Morgan fingerprint density at radius 2 is 0.509 bits per heavy atom. The molecule has 0 fully saturated rings. The molecule has 0 aliphatic heterocycles. The molecular formula is C39H34BCl2F10P. The van der Waals surface area contributed by atoms with Gasteiger partial charge in [0.1, 0.15) is 47.1 Å². The first-order valence-corrected chi connectivity index (χ1v) is 18.5. The number of hydrogen-bond acceptors (Lipinski definition) is 0. The van der Waals surface area contributed by atoms with E-state index in [4.69, 9.17) is 22.9 Å². The fourth-order valence-corrected chi connectivity index (χ4v) is 11.4. The molecule has 0 aliphatic carbocycles. The van der Waals surface area contributed by atoms with E-state index in [9.17, 15) is 43.9 Å². The second-order valence-electron chi connectivity index (χ2n) is 13.3. The third-order valence-corrected chi connectivity index (χ3v) is 13.7. The van der Waals surface area contributed by atoms with Crippen LogP contribution >= 0.6 is 30.8 Å². The van der Waals surface area contributed by atoms with Crippen molar-refractivity contribution in [2.24, 2.45) is 0 Å². The minimum Gasteiger partial charge on any atom is -0.356 e. The molecule has 53 heavy (non-hydrogen) atoms. The molecular weight excluding hydrogens is 771 g/mol. The molecule has 0 amide bonds. The highest BCUT2D eigenvalue weighted by atomic mass is 35.5. The van der Waals surface area contributed by atoms with Gasteiger partial charge in [-0.2, -0.15) is 0 Å². The zero-order chi connectivity index (χ0) is 40.2. The zero-order valence-electron chi connectivity index (χ0n) is 30.1. The van der Waals surface area contributed by atoms with Crippen molar-refractivity contribution in [1.82, 2.24) is 0 Å². The normalized spacial score (nSPS) is 11.7.